The van der Waals surface area contributed by atoms with Gasteiger partial charge in [0.25, 0.3) is 11.9 Å². The molecule has 4 nitrogen and oxygen atoms in total. The van der Waals surface area contributed by atoms with Gasteiger partial charge >= 0.3 is 0 Å². The van der Waals surface area contributed by atoms with Gasteiger partial charge in [-0.25, -0.2) is 0 Å². The number of hydrogen-bond acceptors (Lipinski definition) is 2. The van der Waals surface area contributed by atoms with E-state index in [1.807, 2.05) is 0 Å². The monoisotopic (exact) mass is 938 g/mol. The Bertz CT molecular complexity index is 1750. The van der Waals surface area contributed by atoms with Crippen LogP contribution in [0.25, 0.3) is 0 Å². The van der Waals surface area contributed by atoms with Crippen LogP contribution in [-0.2, 0) is 50.4 Å². The summed E-state index contributed by atoms with van der Waals surface area (Å²) < 4.78 is 0. The Morgan fingerprint density at radius 3 is 0.778 bits per heavy atom. The molecule has 0 unspecified atom stereocenters. The summed E-state index contributed by atoms with van der Waals surface area (Å²) in [7, 11) is -0.988. The van der Waals surface area contributed by atoms with E-state index in [2.05, 4.69) is 198 Å². The first-order valence-corrected chi connectivity index (χ1v) is 19.8. The summed E-state index contributed by atoms with van der Waals surface area (Å²) in [6.07, 6.45) is 4.86. The van der Waals surface area contributed by atoms with Gasteiger partial charge in [0, 0.05) is 54.7 Å². The fourth-order valence-corrected chi connectivity index (χ4v) is 10.1. The third kappa shape index (κ3) is 16.7. The van der Waals surface area contributed by atoms with E-state index in [4.69, 9.17) is 19.8 Å². The van der Waals surface area contributed by atoms with Crippen molar-refractivity contribution in [1.29, 1.82) is 0 Å². The van der Waals surface area contributed by atoms with Crippen molar-refractivity contribution in [2.75, 3.05) is 0 Å². The first kappa shape index (κ1) is 48.2. The maximum absolute atomic E-state index is 9.00. The van der Waals surface area contributed by atoms with Crippen LogP contribution in [0.4, 0.5) is 0 Å². The molecule has 0 aliphatic rings. The van der Waals surface area contributed by atoms with Gasteiger partial charge in [-0.05, 0) is 71.2 Å². The van der Waals surface area contributed by atoms with Crippen molar-refractivity contribution in [3.05, 3.63) is 203 Å². The summed E-state index contributed by atoms with van der Waals surface area (Å²) in [4.78, 5) is 18.0. The van der Waals surface area contributed by atoms with Crippen LogP contribution in [0.1, 0.15) is 47.2 Å². The van der Waals surface area contributed by atoms with Crippen LogP contribution in [0.5, 0.6) is 0 Å². The van der Waals surface area contributed by atoms with Crippen molar-refractivity contribution in [3.8, 4) is 0 Å². The van der Waals surface area contributed by atoms with Crippen LogP contribution >= 0.6 is 15.8 Å². The number of hydrogen-bond donors (Lipinski definition) is 2. The van der Waals surface area contributed by atoms with Gasteiger partial charge in [-0.3, -0.25) is 9.59 Å². The zero-order chi connectivity index (χ0) is 37.9. The Hall–Kier alpha value is -3.82. The molecule has 2 N–H and O–H groups in total. The first-order chi connectivity index (χ1) is 25.0. The van der Waals surface area contributed by atoms with Crippen LogP contribution in [0, 0.1) is 40.0 Å². The molecule has 0 bridgehead atoms. The quantitative estimate of drug-likeness (QED) is 0.0906. The van der Waals surface area contributed by atoms with E-state index in [0.29, 0.717) is 0 Å². The van der Waals surface area contributed by atoms with Crippen LogP contribution < -0.4 is 21.2 Å². The average Bonchev–Trinajstić information content (AvgIpc) is 3.12. The molecule has 6 aromatic rings. The molecular weight excluding hydrogens is 891 g/mol. The summed E-state index contributed by atoms with van der Waals surface area (Å²) in [6.45, 7) is 11.0. The van der Waals surface area contributed by atoms with Gasteiger partial charge in [-0.1, -0.05) is 125 Å². The minimum absolute atomic E-state index is 0. The van der Waals surface area contributed by atoms with Crippen molar-refractivity contribution in [2.24, 2.45) is 0 Å². The predicted molar refractivity (Wildman–Crippen MR) is 223 cm³/mol. The number of aliphatic carboxylic acids is 2. The van der Waals surface area contributed by atoms with E-state index in [1.54, 1.807) is 0 Å². The minimum atomic E-state index is -0.833. The average molecular weight is 940 g/mol. The zero-order valence-electron chi connectivity index (χ0n) is 31.4. The maximum atomic E-state index is 9.00. The first-order valence-electron chi connectivity index (χ1n) is 17.0. The molecule has 54 heavy (non-hydrogen) atoms. The SMILES string of the molecule is CC(=O)O.CC(=O)O.Cc1ccccc1P([CH-]c1ccccc1)c1ccccc1C.Cc1ccccc1P([CH-]c1ccccc1)c1ccccc1C.[Pd].[Pd]. The van der Waals surface area contributed by atoms with E-state index in [0.717, 1.165) is 13.8 Å². The fraction of sp³-hybridized carbons (Fsp3) is 0.130. The van der Waals surface area contributed by atoms with E-state index in [9.17, 15) is 0 Å². The summed E-state index contributed by atoms with van der Waals surface area (Å²) in [6, 6.07) is 56.3. The topological polar surface area (TPSA) is 74.6 Å². The Labute approximate surface area is 352 Å². The van der Waals surface area contributed by atoms with Gasteiger partial charge in [0.15, 0.2) is 0 Å². The Balaban J connectivity index is 0.000000437. The van der Waals surface area contributed by atoms with Crippen molar-refractivity contribution < 1.29 is 60.6 Å². The second-order valence-corrected chi connectivity index (χ2v) is 15.9. The van der Waals surface area contributed by atoms with Gasteiger partial charge < -0.3 is 10.2 Å². The molecule has 6 rings (SSSR count). The molecule has 8 heteroatoms. The van der Waals surface area contributed by atoms with Gasteiger partial charge in [0.05, 0.1) is 0 Å². The third-order valence-electron chi connectivity index (χ3n) is 7.66. The second kappa shape index (κ2) is 26.1. The smallest absolute Gasteiger partial charge is 0.300 e. The standard InChI is InChI=1S/2C21H20P.2C2H4O2.2Pd/c2*1-17-10-6-8-14-20(17)22(16-19-12-4-3-5-13-19)21-15-9-7-11-18(21)2;2*1-2(3)4;;/h2*3-16H,1-2H3;2*1H3,(H,3,4);;/q2*-1;;;;. The number of rotatable bonds is 8. The largest absolute Gasteiger partial charge is 0.481 e. The molecule has 0 heterocycles. The molecule has 0 spiro atoms. The molecule has 0 amide bonds. The van der Waals surface area contributed by atoms with Crippen LogP contribution in [-0.4, -0.2) is 22.2 Å². The zero-order valence-corrected chi connectivity index (χ0v) is 36.3. The molecule has 6 aromatic carbocycles. The van der Waals surface area contributed by atoms with Gasteiger partial charge in [-0.15, -0.1) is 24.3 Å². The van der Waals surface area contributed by atoms with E-state index >= 15 is 0 Å². The van der Waals surface area contributed by atoms with Crippen LogP contribution in [0.15, 0.2) is 158 Å². The molecule has 0 atom stereocenters. The molecule has 0 aliphatic carbocycles. The Kier molecular flexibility index (Phi) is 23.3. The molecule has 0 saturated heterocycles. The van der Waals surface area contributed by atoms with E-state index < -0.39 is 27.8 Å². The van der Waals surface area contributed by atoms with Crippen LogP contribution in [0.2, 0.25) is 0 Å². The summed E-state index contributed by atoms with van der Waals surface area (Å²) in [5.74, 6) is -1.67. The third-order valence-corrected chi connectivity index (χ3v) is 12.9. The predicted octanol–water partition coefficient (Wildman–Crippen LogP) is 10.1. The number of carboxylic acids is 2. The number of carboxylic acid groups (broad SMARTS) is 2. The Morgan fingerprint density at radius 2 is 0.574 bits per heavy atom. The summed E-state index contributed by atoms with van der Waals surface area (Å²) in [5.41, 5.74) is 8.04. The number of benzene rings is 6. The Morgan fingerprint density at radius 1 is 0.389 bits per heavy atom. The van der Waals surface area contributed by atoms with Crippen molar-refractivity contribution in [3.63, 3.8) is 0 Å². The summed E-state index contributed by atoms with van der Waals surface area (Å²) >= 11 is 0. The van der Waals surface area contributed by atoms with Gasteiger partial charge in [0.2, 0.25) is 0 Å². The molecule has 0 aromatic heterocycles. The minimum Gasteiger partial charge on any atom is -0.481 e. The van der Waals surface area contributed by atoms with Gasteiger partial charge in [0.1, 0.15) is 0 Å². The van der Waals surface area contributed by atoms with E-state index in [-0.39, 0.29) is 40.8 Å². The molecular formula is C46H48O4P2Pd2-2. The van der Waals surface area contributed by atoms with E-state index in [1.165, 1.54) is 54.6 Å². The maximum Gasteiger partial charge on any atom is 0.300 e. The number of aryl methyl sites for hydroxylation is 4. The van der Waals surface area contributed by atoms with Gasteiger partial charge in [-0.2, -0.15) is 47.7 Å². The molecule has 0 radical (unpaired) electrons. The number of carbonyl (C=O) groups is 2. The molecule has 0 fully saturated rings. The molecule has 288 valence electrons. The molecule has 0 saturated carbocycles. The fourth-order valence-electron chi connectivity index (χ4n) is 5.25. The van der Waals surface area contributed by atoms with Crippen molar-refractivity contribution in [2.45, 2.75) is 41.5 Å². The van der Waals surface area contributed by atoms with Crippen molar-refractivity contribution >= 4 is 49.0 Å². The molecule has 0 aliphatic heterocycles. The van der Waals surface area contributed by atoms with Crippen LogP contribution in [0.3, 0.4) is 0 Å². The van der Waals surface area contributed by atoms with Crippen molar-refractivity contribution in [1.82, 2.24) is 0 Å². The normalized spacial score (nSPS) is 9.63. The summed E-state index contributed by atoms with van der Waals surface area (Å²) in [5, 5.41) is 20.6. The second-order valence-electron chi connectivity index (χ2n) is 12.0.